The smallest absolute Gasteiger partial charge is 0.332 e. The Hall–Kier alpha value is -1.85. The van der Waals surface area contributed by atoms with Gasteiger partial charge in [0.25, 0.3) is 0 Å². The van der Waals surface area contributed by atoms with Crippen LogP contribution in [-0.2, 0) is 48.1 Å². The fourth-order valence-corrected chi connectivity index (χ4v) is 7.28. The Morgan fingerprint density at radius 2 is 1.21 bits per heavy atom. The van der Waals surface area contributed by atoms with Crippen LogP contribution >= 0.6 is 17.2 Å². The maximum Gasteiger partial charge on any atom is 0.332 e. The predicted molar refractivity (Wildman–Crippen MR) is 184 cm³/mol. The Labute approximate surface area is 283 Å². The molecular weight excluding hydrogens is 644 g/mol. The van der Waals surface area contributed by atoms with Crippen LogP contribution in [0.3, 0.4) is 0 Å². The molecule has 2 N–H and O–H groups in total. The van der Waals surface area contributed by atoms with Crippen molar-refractivity contribution in [1.82, 2.24) is 15.5 Å². The molecular formula is C33H55N3O9P2. The summed E-state index contributed by atoms with van der Waals surface area (Å²) >= 11 is 0. The molecule has 1 heterocycles. The molecule has 0 radical (unpaired) electrons. The van der Waals surface area contributed by atoms with Crippen molar-refractivity contribution < 1.29 is 41.5 Å². The first-order valence-corrected chi connectivity index (χ1v) is 18.9. The second-order valence-corrected chi connectivity index (χ2v) is 13.2. The molecule has 1 aliphatic rings. The normalized spacial score (nSPS) is 19.7. The van der Waals surface area contributed by atoms with Crippen molar-refractivity contribution in [2.24, 2.45) is 11.8 Å². The SMILES string of the molecule is C=CC1C(C(=O)NCCCCOP(OCC)OCC)C(C(=O)NCCCCOP(OCC)OCC)C(C(C)=O)N1Cc1ccccc1. The van der Waals surface area contributed by atoms with Gasteiger partial charge in [-0.1, -0.05) is 36.4 Å². The molecule has 2 amide bonds. The molecule has 1 aromatic rings. The van der Waals surface area contributed by atoms with E-state index in [1.807, 2.05) is 62.9 Å². The van der Waals surface area contributed by atoms with E-state index in [4.69, 9.17) is 27.1 Å². The number of nitrogens with one attached hydrogen (secondary N) is 2. The Morgan fingerprint density at radius 1 is 0.745 bits per heavy atom. The molecule has 1 aromatic carbocycles. The maximum atomic E-state index is 13.8. The number of hydrogen-bond acceptors (Lipinski definition) is 10. The number of ketones is 1. The lowest BCUT2D eigenvalue weighted by atomic mass is 9.84. The highest BCUT2D eigenvalue weighted by atomic mass is 31.2. The van der Waals surface area contributed by atoms with Crippen LogP contribution in [0.2, 0.25) is 0 Å². The Morgan fingerprint density at radius 3 is 1.64 bits per heavy atom. The molecule has 0 aromatic heterocycles. The number of rotatable bonds is 26. The van der Waals surface area contributed by atoms with E-state index in [1.54, 1.807) is 6.08 Å². The van der Waals surface area contributed by atoms with Gasteiger partial charge in [-0.05, 0) is 65.9 Å². The van der Waals surface area contributed by atoms with Crippen molar-refractivity contribution in [2.75, 3.05) is 52.7 Å². The van der Waals surface area contributed by atoms with Crippen LogP contribution < -0.4 is 10.6 Å². The molecule has 2 rings (SSSR count). The Bertz CT molecular complexity index is 1040. The topological polar surface area (TPSA) is 134 Å². The summed E-state index contributed by atoms with van der Waals surface area (Å²) in [4.78, 5) is 42.8. The summed E-state index contributed by atoms with van der Waals surface area (Å²) in [5.41, 5.74) is 0.976. The van der Waals surface area contributed by atoms with Crippen molar-refractivity contribution in [2.45, 2.75) is 78.9 Å². The highest BCUT2D eigenvalue weighted by Crippen LogP contribution is 2.41. The summed E-state index contributed by atoms with van der Waals surface area (Å²) in [5, 5.41) is 6.01. The quantitative estimate of drug-likeness (QED) is 0.0708. The second-order valence-electron chi connectivity index (χ2n) is 10.8. The molecule has 266 valence electrons. The van der Waals surface area contributed by atoms with Gasteiger partial charge in [-0.3, -0.25) is 19.3 Å². The number of benzene rings is 1. The third-order valence-corrected chi connectivity index (χ3v) is 10.0. The van der Waals surface area contributed by atoms with E-state index in [9.17, 15) is 14.4 Å². The van der Waals surface area contributed by atoms with Crippen molar-refractivity contribution >= 4 is 34.8 Å². The number of amides is 2. The standard InChI is InChI=1S/C33H55N3O9P2/c1-7-28-29(32(38)34-21-15-17-23-44-46(40-8-2)41-9-3)30(31(26(6)37)36(28)25-27-19-13-12-14-20-27)33(39)35-22-16-18-24-45-47(42-10-4)43-11-5/h7,12-14,19-20,28-31H,1,8-11,15-18,21-25H2,2-6H3,(H,34,38)(H,35,39). The highest BCUT2D eigenvalue weighted by molar-refractivity contribution is 7.41. The monoisotopic (exact) mass is 699 g/mol. The fraction of sp³-hybridized carbons (Fsp3) is 0.667. The van der Waals surface area contributed by atoms with Crippen molar-refractivity contribution in [3.8, 4) is 0 Å². The third-order valence-electron chi connectivity index (χ3n) is 7.38. The third kappa shape index (κ3) is 14.3. The first-order chi connectivity index (χ1) is 22.8. The van der Waals surface area contributed by atoms with E-state index >= 15 is 0 Å². The van der Waals surface area contributed by atoms with Crippen molar-refractivity contribution in [3.63, 3.8) is 0 Å². The van der Waals surface area contributed by atoms with Gasteiger partial charge >= 0.3 is 17.2 Å². The molecule has 0 spiro atoms. The molecule has 0 bridgehead atoms. The molecule has 12 nitrogen and oxygen atoms in total. The van der Waals surface area contributed by atoms with Crippen LogP contribution in [0.4, 0.5) is 0 Å². The number of carbonyl (C=O) groups is 3. The van der Waals surface area contributed by atoms with Gasteiger partial charge in [0, 0.05) is 25.7 Å². The average Bonchev–Trinajstić information content (AvgIpc) is 3.39. The van der Waals surface area contributed by atoms with Gasteiger partial charge < -0.3 is 37.8 Å². The van der Waals surface area contributed by atoms with E-state index in [-0.39, 0.29) is 17.6 Å². The van der Waals surface area contributed by atoms with E-state index in [2.05, 4.69) is 17.2 Å². The van der Waals surface area contributed by atoms with E-state index in [0.29, 0.717) is 85.0 Å². The Balaban J connectivity index is 2.09. The molecule has 0 saturated carbocycles. The van der Waals surface area contributed by atoms with E-state index < -0.39 is 41.1 Å². The van der Waals surface area contributed by atoms with Crippen LogP contribution in [-0.4, -0.2) is 87.3 Å². The molecule has 47 heavy (non-hydrogen) atoms. The summed E-state index contributed by atoms with van der Waals surface area (Å²) in [6.45, 7) is 17.1. The summed E-state index contributed by atoms with van der Waals surface area (Å²) in [6, 6.07) is 8.41. The first kappa shape index (κ1) is 41.3. The number of Topliss-reactive ketones (excluding diaryl/α,β-unsaturated/α-hetero) is 1. The lowest BCUT2D eigenvalue weighted by Crippen LogP contribution is -2.47. The first-order valence-electron chi connectivity index (χ1n) is 16.7. The molecule has 14 heteroatoms. The van der Waals surface area contributed by atoms with Gasteiger partial charge in [0.15, 0.2) is 0 Å². The molecule has 4 unspecified atom stereocenters. The second kappa shape index (κ2) is 24.3. The van der Waals surface area contributed by atoms with Crippen LogP contribution in [0, 0.1) is 11.8 Å². The number of unbranched alkanes of at least 4 members (excludes halogenated alkanes) is 2. The number of likely N-dealkylation sites (tertiary alicyclic amines) is 1. The van der Waals surface area contributed by atoms with Gasteiger partial charge in [-0.15, -0.1) is 6.58 Å². The van der Waals surface area contributed by atoms with Gasteiger partial charge in [-0.2, -0.15) is 0 Å². The van der Waals surface area contributed by atoms with Gasteiger partial charge in [0.2, 0.25) is 11.8 Å². The lowest BCUT2D eigenvalue weighted by molar-refractivity contribution is -0.136. The minimum atomic E-state index is -1.38. The minimum Gasteiger partial charge on any atom is -0.356 e. The van der Waals surface area contributed by atoms with Gasteiger partial charge in [0.05, 0.1) is 57.5 Å². The molecule has 4 atom stereocenters. The predicted octanol–water partition coefficient (Wildman–Crippen LogP) is 5.67. The van der Waals surface area contributed by atoms with Crippen LogP contribution in [0.25, 0.3) is 0 Å². The molecule has 1 aliphatic heterocycles. The van der Waals surface area contributed by atoms with Crippen molar-refractivity contribution in [3.05, 3.63) is 48.6 Å². The number of carbonyl (C=O) groups excluding carboxylic acids is 3. The number of hydrogen-bond donors (Lipinski definition) is 2. The Kier molecular flexibility index (Phi) is 21.4. The van der Waals surface area contributed by atoms with Crippen LogP contribution in [0.1, 0.15) is 65.9 Å². The lowest BCUT2D eigenvalue weighted by Gasteiger charge is -2.28. The summed E-state index contributed by atoms with van der Waals surface area (Å²) in [7, 11) is -2.75. The zero-order valence-corrected chi connectivity index (χ0v) is 30.5. The van der Waals surface area contributed by atoms with Gasteiger partial charge in [0.1, 0.15) is 5.78 Å². The van der Waals surface area contributed by atoms with Crippen molar-refractivity contribution in [1.29, 1.82) is 0 Å². The van der Waals surface area contributed by atoms with Crippen LogP contribution in [0.15, 0.2) is 43.0 Å². The summed E-state index contributed by atoms with van der Waals surface area (Å²) in [5.74, 6) is -2.46. The summed E-state index contributed by atoms with van der Waals surface area (Å²) in [6.07, 6.45) is 4.36. The zero-order valence-electron chi connectivity index (χ0n) is 28.7. The molecule has 0 aliphatic carbocycles. The minimum absolute atomic E-state index is 0.172. The number of nitrogens with zero attached hydrogens (tertiary/aromatic N) is 1. The maximum absolute atomic E-state index is 13.8. The van der Waals surface area contributed by atoms with E-state index in [1.165, 1.54) is 6.92 Å². The largest absolute Gasteiger partial charge is 0.356 e. The fourth-order valence-electron chi connectivity index (χ4n) is 5.43. The van der Waals surface area contributed by atoms with E-state index in [0.717, 1.165) is 5.56 Å². The average molecular weight is 700 g/mol. The van der Waals surface area contributed by atoms with Gasteiger partial charge in [-0.25, -0.2) is 0 Å². The molecule has 1 fully saturated rings. The summed E-state index contributed by atoms with van der Waals surface area (Å²) < 4.78 is 33.2. The zero-order chi connectivity index (χ0) is 34.4. The molecule has 1 saturated heterocycles. The highest BCUT2D eigenvalue weighted by Gasteiger charge is 2.55. The van der Waals surface area contributed by atoms with Crippen LogP contribution in [0.5, 0.6) is 0 Å².